The third kappa shape index (κ3) is 3.63. The fraction of sp³-hybridized carbons (Fsp3) is 0.625. The second-order valence-corrected chi connectivity index (χ2v) is 6.83. The summed E-state index contributed by atoms with van der Waals surface area (Å²) in [4.78, 5) is 0. The number of hydrogen-bond acceptors (Lipinski definition) is 3. The van der Waals surface area contributed by atoms with E-state index in [0.717, 1.165) is 42.6 Å². The zero-order valence-electron chi connectivity index (χ0n) is 12.3. The lowest BCUT2D eigenvalue weighted by Gasteiger charge is -2.40. The highest BCUT2D eigenvalue weighted by atomic mass is 16.3. The summed E-state index contributed by atoms with van der Waals surface area (Å²) in [6, 6.07) is 5.98. The highest BCUT2D eigenvalue weighted by Gasteiger charge is 2.36. The number of benzene rings is 1. The van der Waals surface area contributed by atoms with E-state index in [0.29, 0.717) is 12.0 Å². The Hall–Kier alpha value is -1.22. The molecular formula is C16H26N2O. The summed E-state index contributed by atoms with van der Waals surface area (Å²) in [5, 5.41) is 13.9. The van der Waals surface area contributed by atoms with Crippen LogP contribution in [0.25, 0.3) is 0 Å². The lowest BCUT2D eigenvalue weighted by Crippen LogP contribution is -2.42. The number of aliphatic hydroxyl groups is 1. The molecule has 1 saturated carbocycles. The molecule has 0 aliphatic heterocycles. The molecule has 1 fully saturated rings. The fourth-order valence-electron chi connectivity index (χ4n) is 2.67. The second kappa shape index (κ2) is 5.04. The van der Waals surface area contributed by atoms with E-state index in [1.165, 1.54) is 0 Å². The quantitative estimate of drug-likeness (QED) is 0.732. The first-order valence-corrected chi connectivity index (χ1v) is 7.12. The molecule has 2 rings (SSSR count). The largest absolute Gasteiger partial charge is 0.397 e. The van der Waals surface area contributed by atoms with Crippen LogP contribution in [0.5, 0.6) is 0 Å². The number of nitrogen functional groups attached to an aromatic ring is 1. The number of nitrogens with two attached hydrogens (primary N) is 1. The van der Waals surface area contributed by atoms with Crippen molar-refractivity contribution >= 4 is 11.4 Å². The van der Waals surface area contributed by atoms with Crippen LogP contribution in [-0.4, -0.2) is 17.3 Å². The van der Waals surface area contributed by atoms with E-state index in [1.54, 1.807) is 0 Å². The smallest absolute Gasteiger partial charge is 0.0819 e. The Balaban J connectivity index is 1.95. The van der Waals surface area contributed by atoms with E-state index >= 15 is 0 Å². The van der Waals surface area contributed by atoms with Crippen LogP contribution < -0.4 is 11.1 Å². The Morgan fingerprint density at radius 2 is 1.84 bits per heavy atom. The van der Waals surface area contributed by atoms with E-state index < -0.39 is 5.60 Å². The summed E-state index contributed by atoms with van der Waals surface area (Å²) in [5.41, 5.74) is 8.58. The molecular weight excluding hydrogens is 236 g/mol. The molecule has 4 N–H and O–H groups in total. The normalized spacial score (nSPS) is 21.1. The first kappa shape index (κ1) is 14.2. The first-order valence-electron chi connectivity index (χ1n) is 7.12. The van der Waals surface area contributed by atoms with Crippen LogP contribution in [0.15, 0.2) is 18.2 Å². The van der Waals surface area contributed by atoms with Crippen molar-refractivity contribution in [3.63, 3.8) is 0 Å². The second-order valence-electron chi connectivity index (χ2n) is 6.83. The van der Waals surface area contributed by atoms with Crippen molar-refractivity contribution in [2.24, 2.45) is 5.41 Å². The van der Waals surface area contributed by atoms with Gasteiger partial charge in [0.15, 0.2) is 0 Å². The van der Waals surface area contributed by atoms with Gasteiger partial charge in [-0.15, -0.1) is 0 Å². The highest BCUT2D eigenvalue weighted by molar-refractivity contribution is 5.66. The average Bonchev–Trinajstić information content (AvgIpc) is 2.33. The molecule has 1 aliphatic carbocycles. The third-order valence-corrected chi connectivity index (χ3v) is 4.35. The number of anilines is 2. The number of nitrogens with one attached hydrogen (secondary N) is 1. The Labute approximate surface area is 116 Å². The molecule has 0 radical (unpaired) electrons. The Morgan fingerprint density at radius 1 is 1.21 bits per heavy atom. The molecule has 19 heavy (non-hydrogen) atoms. The lowest BCUT2D eigenvalue weighted by molar-refractivity contribution is -0.0145. The minimum absolute atomic E-state index is 0.370. The van der Waals surface area contributed by atoms with Crippen LogP contribution in [0, 0.1) is 12.3 Å². The Bertz CT molecular complexity index is 444. The maximum atomic E-state index is 10.6. The van der Waals surface area contributed by atoms with Gasteiger partial charge in [-0.25, -0.2) is 0 Å². The van der Waals surface area contributed by atoms with Gasteiger partial charge in [-0.2, -0.15) is 0 Å². The summed E-state index contributed by atoms with van der Waals surface area (Å²) in [6.45, 7) is 7.16. The van der Waals surface area contributed by atoms with Crippen LogP contribution >= 0.6 is 0 Å². The van der Waals surface area contributed by atoms with E-state index in [9.17, 15) is 5.11 Å². The molecule has 0 heterocycles. The molecule has 0 bridgehead atoms. The van der Waals surface area contributed by atoms with Gasteiger partial charge in [-0.3, -0.25) is 0 Å². The molecule has 0 atom stereocenters. The van der Waals surface area contributed by atoms with Crippen molar-refractivity contribution in [3.05, 3.63) is 23.8 Å². The maximum Gasteiger partial charge on any atom is 0.0819 e. The van der Waals surface area contributed by atoms with Gasteiger partial charge in [0.1, 0.15) is 0 Å². The van der Waals surface area contributed by atoms with Gasteiger partial charge in [-0.05, 0) is 55.7 Å². The molecule has 1 aromatic rings. The van der Waals surface area contributed by atoms with Gasteiger partial charge in [0, 0.05) is 6.54 Å². The van der Waals surface area contributed by atoms with Gasteiger partial charge in [-0.1, -0.05) is 19.9 Å². The molecule has 0 unspecified atom stereocenters. The molecule has 1 aliphatic rings. The van der Waals surface area contributed by atoms with E-state index in [2.05, 4.69) is 19.2 Å². The zero-order chi connectivity index (χ0) is 14.1. The highest BCUT2D eigenvalue weighted by Crippen LogP contribution is 2.40. The van der Waals surface area contributed by atoms with E-state index in [-0.39, 0.29) is 0 Å². The van der Waals surface area contributed by atoms with Crippen molar-refractivity contribution < 1.29 is 5.11 Å². The average molecular weight is 262 g/mol. The summed E-state index contributed by atoms with van der Waals surface area (Å²) < 4.78 is 0. The number of rotatable bonds is 3. The standard InChI is InChI=1S/C16H26N2O/c1-12-4-5-14(13(17)10-12)18-11-16(19)8-6-15(2,3)7-9-16/h4-5,10,18-19H,6-9,11,17H2,1-3H3. The predicted molar refractivity (Wildman–Crippen MR) is 81.3 cm³/mol. The monoisotopic (exact) mass is 262 g/mol. The summed E-state index contributed by atoms with van der Waals surface area (Å²) in [5.74, 6) is 0. The van der Waals surface area contributed by atoms with Crippen molar-refractivity contribution in [2.75, 3.05) is 17.6 Å². The van der Waals surface area contributed by atoms with E-state index in [1.807, 2.05) is 25.1 Å². The van der Waals surface area contributed by atoms with Crippen LogP contribution in [0.3, 0.4) is 0 Å². The van der Waals surface area contributed by atoms with E-state index in [4.69, 9.17) is 5.73 Å². The minimum atomic E-state index is -0.590. The topological polar surface area (TPSA) is 58.3 Å². The van der Waals surface area contributed by atoms with Crippen LogP contribution in [0.2, 0.25) is 0 Å². The lowest BCUT2D eigenvalue weighted by atomic mass is 9.71. The predicted octanol–water partition coefficient (Wildman–Crippen LogP) is 3.32. The van der Waals surface area contributed by atoms with Crippen molar-refractivity contribution in [2.45, 2.75) is 52.1 Å². The van der Waals surface area contributed by atoms with Crippen molar-refractivity contribution in [1.82, 2.24) is 0 Å². The van der Waals surface area contributed by atoms with Gasteiger partial charge >= 0.3 is 0 Å². The Morgan fingerprint density at radius 3 is 2.42 bits per heavy atom. The molecule has 3 nitrogen and oxygen atoms in total. The molecule has 0 spiro atoms. The van der Waals surface area contributed by atoms with Crippen LogP contribution in [0.4, 0.5) is 11.4 Å². The molecule has 0 aromatic heterocycles. The summed E-state index contributed by atoms with van der Waals surface area (Å²) >= 11 is 0. The van der Waals surface area contributed by atoms with Gasteiger partial charge in [0.05, 0.1) is 17.0 Å². The van der Waals surface area contributed by atoms with Gasteiger partial charge in [0.25, 0.3) is 0 Å². The molecule has 0 amide bonds. The summed E-state index contributed by atoms with van der Waals surface area (Å²) in [6.07, 6.45) is 3.88. The molecule has 0 saturated heterocycles. The number of aryl methyl sites for hydroxylation is 1. The first-order chi connectivity index (χ1) is 8.80. The molecule has 1 aromatic carbocycles. The van der Waals surface area contributed by atoms with Gasteiger partial charge in [0.2, 0.25) is 0 Å². The van der Waals surface area contributed by atoms with Crippen molar-refractivity contribution in [3.8, 4) is 0 Å². The fourth-order valence-corrected chi connectivity index (χ4v) is 2.67. The molecule has 3 heteroatoms. The van der Waals surface area contributed by atoms with Crippen molar-refractivity contribution in [1.29, 1.82) is 0 Å². The zero-order valence-corrected chi connectivity index (χ0v) is 12.3. The molecule has 106 valence electrons. The van der Waals surface area contributed by atoms with Crippen LogP contribution in [0.1, 0.15) is 45.1 Å². The number of hydrogen-bond donors (Lipinski definition) is 3. The van der Waals surface area contributed by atoms with Crippen LogP contribution in [-0.2, 0) is 0 Å². The Kier molecular flexibility index (Phi) is 3.77. The third-order valence-electron chi connectivity index (χ3n) is 4.35. The minimum Gasteiger partial charge on any atom is -0.397 e. The summed E-state index contributed by atoms with van der Waals surface area (Å²) in [7, 11) is 0. The SMILES string of the molecule is Cc1ccc(NCC2(O)CCC(C)(C)CC2)c(N)c1. The van der Waals surface area contributed by atoms with Gasteiger partial charge < -0.3 is 16.2 Å². The maximum absolute atomic E-state index is 10.6.